The lowest BCUT2D eigenvalue weighted by atomic mass is 9.95. The van der Waals surface area contributed by atoms with Crippen LogP contribution >= 0.6 is 0 Å². The van der Waals surface area contributed by atoms with Crippen molar-refractivity contribution in [2.45, 2.75) is 32.5 Å². The van der Waals surface area contributed by atoms with Gasteiger partial charge in [0.15, 0.2) is 0 Å². The predicted octanol–water partition coefficient (Wildman–Crippen LogP) is 4.88. The van der Waals surface area contributed by atoms with Gasteiger partial charge in [0.1, 0.15) is 11.6 Å². The standard InChI is InChI=1S/C22H22F4N4O/c1-13-2-5-18-19(10-13)29-20(28-18)12-30-8-6-14(7-9-30)21(31)27-15-3-4-17(23)16(11-15)22(24,25)26/h2-5,10-11,14H,6-9,12H2,1H3,(H,27,31)(H,28,29). The highest BCUT2D eigenvalue weighted by molar-refractivity contribution is 5.92. The molecule has 0 saturated carbocycles. The first kappa shape index (κ1) is 21.3. The predicted molar refractivity (Wildman–Crippen MR) is 109 cm³/mol. The summed E-state index contributed by atoms with van der Waals surface area (Å²) < 4.78 is 52.0. The van der Waals surface area contributed by atoms with Crippen molar-refractivity contribution in [3.8, 4) is 0 Å². The van der Waals surface area contributed by atoms with E-state index < -0.39 is 17.6 Å². The van der Waals surface area contributed by atoms with E-state index in [2.05, 4.69) is 20.2 Å². The van der Waals surface area contributed by atoms with Gasteiger partial charge in [0.25, 0.3) is 0 Å². The molecule has 0 aliphatic carbocycles. The van der Waals surface area contributed by atoms with Crippen LogP contribution < -0.4 is 5.32 Å². The third-order valence-corrected chi connectivity index (χ3v) is 5.56. The maximum absolute atomic E-state index is 13.4. The molecule has 1 amide bonds. The van der Waals surface area contributed by atoms with Crippen LogP contribution in [0.1, 0.15) is 29.8 Å². The summed E-state index contributed by atoms with van der Waals surface area (Å²) >= 11 is 0. The normalized spacial score (nSPS) is 16.0. The Labute approximate surface area is 176 Å². The minimum atomic E-state index is -4.81. The SMILES string of the molecule is Cc1ccc2nc(CN3CCC(C(=O)Nc4ccc(F)c(C(F)(F)F)c4)CC3)[nH]c2c1. The number of anilines is 1. The van der Waals surface area contributed by atoms with Crippen molar-refractivity contribution < 1.29 is 22.4 Å². The number of aromatic amines is 1. The van der Waals surface area contributed by atoms with Crippen LogP contribution in [-0.2, 0) is 17.5 Å². The number of rotatable bonds is 4. The lowest BCUT2D eigenvalue weighted by molar-refractivity contribution is -0.140. The Morgan fingerprint density at radius 3 is 2.65 bits per heavy atom. The molecule has 31 heavy (non-hydrogen) atoms. The van der Waals surface area contributed by atoms with Gasteiger partial charge in [-0.15, -0.1) is 0 Å². The second kappa shape index (κ2) is 8.30. The van der Waals surface area contributed by atoms with Crippen molar-refractivity contribution in [2.75, 3.05) is 18.4 Å². The number of nitrogens with zero attached hydrogens (tertiary/aromatic N) is 2. The van der Waals surface area contributed by atoms with E-state index in [9.17, 15) is 22.4 Å². The first-order valence-corrected chi connectivity index (χ1v) is 10.0. The first-order chi connectivity index (χ1) is 14.7. The van der Waals surface area contributed by atoms with Crippen molar-refractivity contribution in [2.24, 2.45) is 5.92 Å². The van der Waals surface area contributed by atoms with E-state index in [1.165, 1.54) is 0 Å². The number of nitrogens with one attached hydrogen (secondary N) is 2. The monoisotopic (exact) mass is 434 g/mol. The number of benzene rings is 2. The molecular weight excluding hydrogens is 412 g/mol. The second-order valence-corrected chi connectivity index (χ2v) is 7.94. The molecule has 0 unspecified atom stereocenters. The van der Waals surface area contributed by atoms with E-state index in [-0.39, 0.29) is 17.5 Å². The van der Waals surface area contributed by atoms with E-state index >= 15 is 0 Å². The summed E-state index contributed by atoms with van der Waals surface area (Å²) in [5.74, 6) is -1.17. The number of imidazole rings is 1. The summed E-state index contributed by atoms with van der Waals surface area (Å²) in [7, 11) is 0. The zero-order chi connectivity index (χ0) is 22.2. The Kier molecular flexibility index (Phi) is 5.70. The molecule has 1 aromatic heterocycles. The van der Waals surface area contributed by atoms with Gasteiger partial charge in [-0.1, -0.05) is 6.07 Å². The minimum absolute atomic E-state index is 0.0567. The van der Waals surface area contributed by atoms with Crippen molar-refractivity contribution >= 4 is 22.6 Å². The highest BCUT2D eigenvalue weighted by Gasteiger charge is 2.34. The smallest absolute Gasteiger partial charge is 0.341 e. The van der Waals surface area contributed by atoms with E-state index in [4.69, 9.17) is 0 Å². The number of hydrogen-bond donors (Lipinski definition) is 2. The molecule has 2 N–H and O–H groups in total. The molecule has 1 aliphatic heterocycles. The number of hydrogen-bond acceptors (Lipinski definition) is 3. The maximum atomic E-state index is 13.4. The lowest BCUT2D eigenvalue weighted by Crippen LogP contribution is -2.38. The fraction of sp³-hybridized carbons (Fsp3) is 0.364. The highest BCUT2D eigenvalue weighted by atomic mass is 19.4. The Balaban J connectivity index is 1.33. The topological polar surface area (TPSA) is 61.0 Å². The molecule has 2 heterocycles. The molecule has 5 nitrogen and oxygen atoms in total. The van der Waals surface area contributed by atoms with Gasteiger partial charge < -0.3 is 10.3 Å². The summed E-state index contributed by atoms with van der Waals surface area (Å²) in [6, 6.07) is 8.52. The van der Waals surface area contributed by atoms with Crippen molar-refractivity contribution in [1.29, 1.82) is 0 Å². The van der Waals surface area contributed by atoms with Gasteiger partial charge in [0.2, 0.25) is 5.91 Å². The lowest BCUT2D eigenvalue weighted by Gasteiger charge is -2.30. The van der Waals surface area contributed by atoms with Crippen LogP contribution in [0, 0.1) is 18.7 Å². The van der Waals surface area contributed by atoms with Gasteiger partial charge in [0.05, 0.1) is 23.1 Å². The third-order valence-electron chi connectivity index (χ3n) is 5.56. The molecule has 1 saturated heterocycles. The molecule has 3 aromatic rings. The zero-order valence-corrected chi connectivity index (χ0v) is 16.9. The molecule has 0 atom stereocenters. The van der Waals surface area contributed by atoms with Crippen LogP contribution in [0.4, 0.5) is 23.2 Å². The molecule has 0 bridgehead atoms. The summed E-state index contributed by atoms with van der Waals surface area (Å²) in [5.41, 5.74) is 1.60. The van der Waals surface area contributed by atoms with E-state index in [1.54, 1.807) is 0 Å². The number of carbonyl (C=O) groups is 1. The van der Waals surface area contributed by atoms with Crippen LogP contribution in [0.5, 0.6) is 0 Å². The number of aromatic nitrogens is 2. The van der Waals surface area contributed by atoms with E-state index in [0.717, 1.165) is 34.6 Å². The average Bonchev–Trinajstić information content (AvgIpc) is 3.10. The van der Waals surface area contributed by atoms with Crippen LogP contribution in [-0.4, -0.2) is 33.9 Å². The number of aryl methyl sites for hydroxylation is 1. The molecule has 0 radical (unpaired) electrons. The summed E-state index contributed by atoms with van der Waals surface area (Å²) in [4.78, 5) is 22.6. The Hall–Kier alpha value is -2.94. The van der Waals surface area contributed by atoms with Gasteiger partial charge in [-0.25, -0.2) is 9.37 Å². The van der Waals surface area contributed by atoms with Crippen LogP contribution in [0.3, 0.4) is 0 Å². The molecule has 1 aliphatic rings. The Morgan fingerprint density at radius 2 is 1.94 bits per heavy atom. The summed E-state index contributed by atoms with van der Waals surface area (Å²) in [6.07, 6.45) is -3.65. The molecule has 4 rings (SSSR count). The molecular formula is C22H22F4N4O. The highest BCUT2D eigenvalue weighted by Crippen LogP contribution is 2.33. The van der Waals surface area contributed by atoms with Gasteiger partial charge in [0, 0.05) is 11.6 Å². The van der Waals surface area contributed by atoms with Crippen molar-refractivity contribution in [3.63, 3.8) is 0 Å². The number of alkyl halides is 3. The van der Waals surface area contributed by atoms with Crippen LogP contribution in [0.25, 0.3) is 11.0 Å². The number of piperidine rings is 1. The fourth-order valence-corrected chi connectivity index (χ4v) is 3.88. The molecule has 2 aromatic carbocycles. The van der Waals surface area contributed by atoms with Crippen molar-refractivity contribution in [1.82, 2.24) is 14.9 Å². The first-order valence-electron chi connectivity index (χ1n) is 10.0. The summed E-state index contributed by atoms with van der Waals surface area (Å²) in [6.45, 7) is 4.00. The van der Waals surface area contributed by atoms with Gasteiger partial charge in [-0.05, 0) is 68.8 Å². The number of likely N-dealkylation sites (tertiary alicyclic amines) is 1. The Bertz CT molecular complexity index is 1100. The zero-order valence-electron chi connectivity index (χ0n) is 16.9. The van der Waals surface area contributed by atoms with Crippen LogP contribution in [0.2, 0.25) is 0 Å². The van der Waals surface area contributed by atoms with E-state index in [0.29, 0.717) is 38.5 Å². The average molecular weight is 434 g/mol. The number of halogens is 4. The second-order valence-electron chi connectivity index (χ2n) is 7.94. The third kappa shape index (κ3) is 4.87. The number of fused-ring (bicyclic) bond motifs is 1. The molecule has 0 spiro atoms. The number of H-pyrrole nitrogens is 1. The van der Waals surface area contributed by atoms with Crippen LogP contribution in [0.15, 0.2) is 36.4 Å². The Morgan fingerprint density at radius 1 is 1.19 bits per heavy atom. The fourth-order valence-electron chi connectivity index (χ4n) is 3.88. The minimum Gasteiger partial charge on any atom is -0.341 e. The number of amides is 1. The largest absolute Gasteiger partial charge is 0.419 e. The molecule has 1 fully saturated rings. The van der Waals surface area contributed by atoms with Gasteiger partial charge in [-0.2, -0.15) is 13.2 Å². The number of carbonyl (C=O) groups excluding carboxylic acids is 1. The maximum Gasteiger partial charge on any atom is 0.419 e. The quantitative estimate of drug-likeness (QED) is 0.576. The van der Waals surface area contributed by atoms with Gasteiger partial charge >= 0.3 is 6.18 Å². The van der Waals surface area contributed by atoms with E-state index in [1.807, 2.05) is 25.1 Å². The molecule has 164 valence electrons. The van der Waals surface area contributed by atoms with Crippen molar-refractivity contribution in [3.05, 3.63) is 59.2 Å². The summed E-state index contributed by atoms with van der Waals surface area (Å²) in [5, 5.41) is 2.50. The van der Waals surface area contributed by atoms with Gasteiger partial charge in [-0.3, -0.25) is 9.69 Å². The molecule has 9 heteroatoms.